The van der Waals surface area contributed by atoms with Crippen LogP contribution in [0.5, 0.6) is 0 Å². The molecule has 9 heteroatoms. The number of nitrogens with zero attached hydrogens (tertiary/aromatic N) is 1. The van der Waals surface area contributed by atoms with E-state index in [-0.39, 0.29) is 5.56 Å². The lowest BCUT2D eigenvalue weighted by Crippen LogP contribution is -2.24. The number of halogens is 1. The highest BCUT2D eigenvalue weighted by Gasteiger charge is 2.26. The molecule has 0 unspecified atom stereocenters. The Morgan fingerprint density at radius 3 is 2.35 bits per heavy atom. The van der Waals surface area contributed by atoms with Crippen molar-refractivity contribution in [3.63, 3.8) is 0 Å². The normalized spacial score (nSPS) is 10.1. The largest absolute Gasteiger partial charge is 0.478 e. The number of hydrogen-bond donors (Lipinski definition) is 4. The van der Waals surface area contributed by atoms with E-state index < -0.39 is 51.4 Å². The average molecular weight is 317 g/mol. The van der Waals surface area contributed by atoms with Crippen LogP contribution in [0.4, 0.5) is 10.2 Å². The predicted octanol–water partition coefficient (Wildman–Crippen LogP) is 1.03. The molecule has 8 nitrogen and oxygen atoms in total. The summed E-state index contributed by atoms with van der Waals surface area (Å²) in [6.45, 7) is 0. The van der Waals surface area contributed by atoms with Gasteiger partial charge in [0, 0.05) is 5.56 Å². The maximum Gasteiger partial charge on any atom is 0.342 e. The van der Waals surface area contributed by atoms with Crippen molar-refractivity contribution in [2.75, 3.05) is 5.73 Å². The standard InChI is InChI=1S/C14H8FN3O5/c15-7-2-1-5(3-6(7)4-16)8-9(13(20)21)11(17)18-12(19)10(8)14(22)23/h1-3H,(H,20,21)(H,22,23)(H3,17,18,19). The van der Waals surface area contributed by atoms with Crippen LogP contribution in [-0.2, 0) is 0 Å². The maximum absolute atomic E-state index is 13.4. The second-order valence-electron chi connectivity index (χ2n) is 4.41. The van der Waals surface area contributed by atoms with Gasteiger partial charge in [0.15, 0.2) is 0 Å². The minimum Gasteiger partial charge on any atom is -0.478 e. The van der Waals surface area contributed by atoms with Crippen LogP contribution in [-0.4, -0.2) is 27.1 Å². The number of H-pyrrole nitrogens is 1. The molecule has 23 heavy (non-hydrogen) atoms. The van der Waals surface area contributed by atoms with Gasteiger partial charge in [0.2, 0.25) is 0 Å². The Balaban J connectivity index is 3.00. The molecular formula is C14H8FN3O5. The summed E-state index contributed by atoms with van der Waals surface area (Å²) in [6, 6.07) is 4.41. The molecule has 0 saturated heterocycles. The van der Waals surface area contributed by atoms with Gasteiger partial charge in [-0.1, -0.05) is 6.07 Å². The first-order valence-electron chi connectivity index (χ1n) is 6.00. The lowest BCUT2D eigenvalue weighted by atomic mass is 9.94. The fraction of sp³-hybridized carbons (Fsp3) is 0. The molecule has 0 saturated carbocycles. The van der Waals surface area contributed by atoms with Crippen molar-refractivity contribution >= 4 is 17.8 Å². The molecule has 0 fully saturated rings. The zero-order valence-corrected chi connectivity index (χ0v) is 11.3. The summed E-state index contributed by atoms with van der Waals surface area (Å²) in [4.78, 5) is 36.5. The Morgan fingerprint density at radius 1 is 1.22 bits per heavy atom. The summed E-state index contributed by atoms with van der Waals surface area (Å²) in [5.41, 5.74) is 1.76. The SMILES string of the molecule is N#Cc1cc(-c2c(C(=O)O)c(N)[nH]c(=O)c2C(=O)O)ccc1F. The minimum absolute atomic E-state index is 0.129. The summed E-state index contributed by atoms with van der Waals surface area (Å²) in [5.74, 6) is -4.70. The number of carbonyl (C=O) groups is 2. The molecule has 0 amide bonds. The summed E-state index contributed by atoms with van der Waals surface area (Å²) in [5, 5.41) is 27.3. The molecule has 0 atom stereocenters. The molecule has 5 N–H and O–H groups in total. The number of aromatic carboxylic acids is 2. The van der Waals surface area contributed by atoms with Crippen molar-refractivity contribution in [1.29, 1.82) is 5.26 Å². The van der Waals surface area contributed by atoms with Crippen molar-refractivity contribution < 1.29 is 24.2 Å². The van der Waals surface area contributed by atoms with Gasteiger partial charge in [-0.2, -0.15) is 5.26 Å². The number of carboxylic acids is 2. The van der Waals surface area contributed by atoms with E-state index in [1.165, 1.54) is 0 Å². The second-order valence-corrected chi connectivity index (χ2v) is 4.41. The minimum atomic E-state index is -1.69. The first-order chi connectivity index (χ1) is 10.8. The number of nitrogens with one attached hydrogen (secondary N) is 1. The third-order valence-corrected chi connectivity index (χ3v) is 3.05. The van der Waals surface area contributed by atoms with Gasteiger partial charge in [0.1, 0.15) is 28.8 Å². The Hall–Kier alpha value is -3.67. The van der Waals surface area contributed by atoms with Crippen LogP contribution < -0.4 is 11.3 Å². The predicted molar refractivity (Wildman–Crippen MR) is 75.5 cm³/mol. The summed E-state index contributed by atoms with van der Waals surface area (Å²) >= 11 is 0. The van der Waals surface area contributed by atoms with E-state index >= 15 is 0 Å². The number of benzene rings is 1. The van der Waals surface area contributed by atoms with Crippen molar-refractivity contribution in [3.8, 4) is 17.2 Å². The lowest BCUT2D eigenvalue weighted by molar-refractivity contribution is 0.0695. The Kier molecular flexibility index (Phi) is 3.83. The van der Waals surface area contributed by atoms with Gasteiger partial charge in [0.05, 0.1) is 5.56 Å². The van der Waals surface area contributed by atoms with Crippen LogP contribution in [0, 0.1) is 17.1 Å². The molecule has 1 aromatic heterocycles. The zero-order chi connectivity index (χ0) is 17.3. The molecule has 1 aromatic carbocycles. The van der Waals surface area contributed by atoms with Gasteiger partial charge in [-0.25, -0.2) is 14.0 Å². The van der Waals surface area contributed by atoms with E-state index in [0.29, 0.717) is 0 Å². The number of nitriles is 1. The van der Waals surface area contributed by atoms with Crippen LogP contribution in [0.3, 0.4) is 0 Å². The maximum atomic E-state index is 13.4. The molecule has 2 aromatic rings. The number of aromatic nitrogens is 1. The van der Waals surface area contributed by atoms with Gasteiger partial charge in [-0.3, -0.25) is 4.79 Å². The Labute approximate surface area is 127 Å². The topological polar surface area (TPSA) is 157 Å². The van der Waals surface area contributed by atoms with Gasteiger partial charge in [-0.05, 0) is 17.7 Å². The number of hydrogen-bond acceptors (Lipinski definition) is 5. The zero-order valence-electron chi connectivity index (χ0n) is 11.3. The number of carboxylic acid groups (broad SMARTS) is 2. The van der Waals surface area contributed by atoms with Gasteiger partial charge < -0.3 is 20.9 Å². The van der Waals surface area contributed by atoms with Crippen molar-refractivity contribution in [1.82, 2.24) is 4.98 Å². The van der Waals surface area contributed by atoms with E-state index in [4.69, 9.17) is 11.0 Å². The summed E-state index contributed by atoms with van der Waals surface area (Å²) in [6.07, 6.45) is 0. The van der Waals surface area contributed by atoms with Crippen molar-refractivity contribution in [2.24, 2.45) is 0 Å². The number of nitrogen functional groups attached to an aromatic ring is 1. The van der Waals surface area contributed by atoms with Gasteiger partial charge >= 0.3 is 11.9 Å². The first-order valence-corrected chi connectivity index (χ1v) is 6.00. The number of nitrogens with two attached hydrogens (primary N) is 1. The molecular weight excluding hydrogens is 309 g/mol. The molecule has 0 spiro atoms. The first kappa shape index (κ1) is 15.7. The second kappa shape index (κ2) is 5.61. The molecule has 0 radical (unpaired) electrons. The third kappa shape index (κ3) is 2.60. The molecule has 116 valence electrons. The van der Waals surface area contributed by atoms with Crippen LogP contribution >= 0.6 is 0 Å². The molecule has 0 aliphatic carbocycles. The number of pyridine rings is 1. The van der Waals surface area contributed by atoms with Crippen LogP contribution in [0.25, 0.3) is 11.1 Å². The highest BCUT2D eigenvalue weighted by Crippen LogP contribution is 2.30. The Morgan fingerprint density at radius 2 is 1.83 bits per heavy atom. The molecule has 2 rings (SSSR count). The van der Waals surface area contributed by atoms with Crippen molar-refractivity contribution in [2.45, 2.75) is 0 Å². The van der Waals surface area contributed by atoms with Crippen molar-refractivity contribution in [3.05, 3.63) is 51.1 Å². The summed E-state index contributed by atoms with van der Waals surface area (Å²) < 4.78 is 13.4. The molecule has 1 heterocycles. The van der Waals surface area contributed by atoms with Crippen LogP contribution in [0.15, 0.2) is 23.0 Å². The molecule has 0 bridgehead atoms. The van der Waals surface area contributed by atoms with E-state index in [2.05, 4.69) is 0 Å². The fourth-order valence-electron chi connectivity index (χ4n) is 2.10. The monoisotopic (exact) mass is 317 g/mol. The van der Waals surface area contributed by atoms with Gasteiger partial charge in [-0.15, -0.1) is 0 Å². The highest BCUT2D eigenvalue weighted by molar-refractivity contribution is 6.07. The highest BCUT2D eigenvalue weighted by atomic mass is 19.1. The van der Waals surface area contributed by atoms with E-state index in [9.17, 15) is 29.0 Å². The van der Waals surface area contributed by atoms with Crippen LogP contribution in [0.2, 0.25) is 0 Å². The van der Waals surface area contributed by atoms with Crippen LogP contribution in [0.1, 0.15) is 26.3 Å². The average Bonchev–Trinajstić information content (AvgIpc) is 2.45. The van der Waals surface area contributed by atoms with E-state index in [0.717, 1.165) is 18.2 Å². The quantitative estimate of drug-likeness (QED) is 0.658. The summed E-state index contributed by atoms with van der Waals surface area (Å²) in [7, 11) is 0. The Bertz CT molecular complexity index is 943. The molecule has 0 aliphatic rings. The lowest BCUT2D eigenvalue weighted by Gasteiger charge is -2.12. The van der Waals surface area contributed by atoms with E-state index in [1.807, 2.05) is 4.98 Å². The number of aromatic amines is 1. The smallest absolute Gasteiger partial charge is 0.342 e. The van der Waals surface area contributed by atoms with E-state index in [1.54, 1.807) is 6.07 Å². The van der Waals surface area contributed by atoms with Gasteiger partial charge in [0.25, 0.3) is 5.56 Å². The number of anilines is 1. The third-order valence-electron chi connectivity index (χ3n) is 3.05. The fourth-order valence-corrected chi connectivity index (χ4v) is 2.10. The molecule has 0 aliphatic heterocycles. The number of rotatable bonds is 3.